The molecule has 1 atom stereocenters. The second kappa shape index (κ2) is 7.84. The van der Waals surface area contributed by atoms with Crippen molar-refractivity contribution in [2.24, 2.45) is 0 Å². The molecule has 126 valence electrons. The Bertz CT molecular complexity index is 760. The number of amides is 1. The molecule has 0 radical (unpaired) electrons. The molecule has 0 aliphatic rings. The van der Waals surface area contributed by atoms with Gasteiger partial charge in [0.1, 0.15) is 11.3 Å². The highest BCUT2D eigenvalue weighted by Gasteiger charge is 2.21. The van der Waals surface area contributed by atoms with Gasteiger partial charge in [0.05, 0.1) is 7.11 Å². The van der Waals surface area contributed by atoms with Crippen molar-refractivity contribution in [1.29, 1.82) is 0 Å². The fraction of sp³-hybridized carbons (Fsp3) is 0.222. The number of para-hydroxylation sites is 1. The SMILES string of the molecule is COc1ccccc1C(=O)O[C@@H](C)C(=O)Nc1cccc(Cl)c1C. The molecule has 1 amide bonds. The fourth-order valence-electron chi connectivity index (χ4n) is 2.07. The molecule has 0 spiro atoms. The van der Waals surface area contributed by atoms with E-state index in [-0.39, 0.29) is 5.56 Å². The Kier molecular flexibility index (Phi) is 5.82. The summed E-state index contributed by atoms with van der Waals surface area (Å²) in [7, 11) is 1.46. The van der Waals surface area contributed by atoms with Gasteiger partial charge in [0.25, 0.3) is 5.91 Å². The van der Waals surface area contributed by atoms with Gasteiger partial charge in [0.15, 0.2) is 6.10 Å². The Morgan fingerprint density at radius 2 is 1.83 bits per heavy atom. The van der Waals surface area contributed by atoms with E-state index < -0.39 is 18.0 Å². The number of benzene rings is 2. The van der Waals surface area contributed by atoms with Crippen molar-refractivity contribution >= 4 is 29.2 Å². The number of ether oxygens (including phenoxy) is 2. The molecule has 1 N–H and O–H groups in total. The van der Waals surface area contributed by atoms with Crippen LogP contribution >= 0.6 is 11.6 Å². The number of carbonyl (C=O) groups is 2. The minimum absolute atomic E-state index is 0.263. The van der Waals surface area contributed by atoms with Crippen LogP contribution in [0, 0.1) is 6.92 Å². The van der Waals surface area contributed by atoms with E-state index in [0.29, 0.717) is 16.5 Å². The summed E-state index contributed by atoms with van der Waals surface area (Å²) in [6.45, 7) is 3.30. The fourth-order valence-corrected chi connectivity index (χ4v) is 2.24. The summed E-state index contributed by atoms with van der Waals surface area (Å²) in [6, 6.07) is 11.9. The predicted octanol–water partition coefficient (Wildman–Crippen LogP) is 3.84. The number of hydrogen-bond donors (Lipinski definition) is 1. The van der Waals surface area contributed by atoms with E-state index in [1.807, 2.05) is 0 Å². The van der Waals surface area contributed by atoms with Gasteiger partial charge < -0.3 is 14.8 Å². The summed E-state index contributed by atoms with van der Waals surface area (Å²) < 4.78 is 10.3. The Morgan fingerprint density at radius 1 is 1.12 bits per heavy atom. The molecule has 0 heterocycles. The van der Waals surface area contributed by atoms with Gasteiger partial charge in [-0.15, -0.1) is 0 Å². The number of nitrogens with one attached hydrogen (secondary N) is 1. The third-order valence-electron chi connectivity index (χ3n) is 3.51. The highest BCUT2D eigenvalue weighted by Crippen LogP contribution is 2.23. The van der Waals surface area contributed by atoms with E-state index in [1.54, 1.807) is 49.4 Å². The van der Waals surface area contributed by atoms with Crippen molar-refractivity contribution in [1.82, 2.24) is 0 Å². The first kappa shape index (κ1) is 17.8. The molecule has 2 rings (SSSR count). The first-order chi connectivity index (χ1) is 11.4. The summed E-state index contributed by atoms with van der Waals surface area (Å²) in [5.74, 6) is -0.678. The van der Waals surface area contributed by atoms with Crippen molar-refractivity contribution in [3.8, 4) is 5.75 Å². The van der Waals surface area contributed by atoms with E-state index in [4.69, 9.17) is 21.1 Å². The van der Waals surface area contributed by atoms with Crippen molar-refractivity contribution < 1.29 is 19.1 Å². The number of anilines is 1. The molecule has 0 bridgehead atoms. The van der Waals surface area contributed by atoms with Crippen molar-refractivity contribution in [2.75, 3.05) is 12.4 Å². The number of carbonyl (C=O) groups excluding carboxylic acids is 2. The van der Waals surface area contributed by atoms with Crippen molar-refractivity contribution in [2.45, 2.75) is 20.0 Å². The van der Waals surface area contributed by atoms with Crippen LogP contribution in [0.3, 0.4) is 0 Å². The standard InChI is InChI=1S/C18H18ClNO4/c1-11-14(19)8-6-9-15(11)20-17(21)12(2)24-18(22)13-7-4-5-10-16(13)23-3/h4-10,12H,1-3H3,(H,20,21)/t12-/m0/s1. The Balaban J connectivity index is 2.06. The average molecular weight is 348 g/mol. The third-order valence-corrected chi connectivity index (χ3v) is 3.91. The Labute approximate surface area is 145 Å². The quantitative estimate of drug-likeness (QED) is 0.834. The second-order valence-electron chi connectivity index (χ2n) is 5.15. The molecule has 0 saturated heterocycles. The number of hydrogen-bond acceptors (Lipinski definition) is 4. The first-order valence-electron chi connectivity index (χ1n) is 7.34. The average Bonchev–Trinajstić information content (AvgIpc) is 2.58. The number of rotatable bonds is 5. The van der Waals surface area contributed by atoms with Gasteiger partial charge >= 0.3 is 5.97 Å². The van der Waals surface area contributed by atoms with Crippen LogP contribution in [0.15, 0.2) is 42.5 Å². The molecule has 2 aromatic rings. The van der Waals surface area contributed by atoms with Crippen LogP contribution in [0.1, 0.15) is 22.8 Å². The third kappa shape index (κ3) is 4.06. The lowest BCUT2D eigenvalue weighted by Gasteiger charge is -2.16. The second-order valence-corrected chi connectivity index (χ2v) is 5.56. The van der Waals surface area contributed by atoms with Crippen LogP contribution in [-0.4, -0.2) is 25.1 Å². The minimum atomic E-state index is -0.971. The molecule has 0 fully saturated rings. The van der Waals surface area contributed by atoms with Crippen LogP contribution < -0.4 is 10.1 Å². The van der Waals surface area contributed by atoms with Crippen LogP contribution in [0.5, 0.6) is 5.75 Å². The van der Waals surface area contributed by atoms with Crippen molar-refractivity contribution in [3.05, 3.63) is 58.6 Å². The van der Waals surface area contributed by atoms with Crippen LogP contribution in [0.25, 0.3) is 0 Å². The summed E-state index contributed by atoms with van der Waals surface area (Å²) in [5.41, 5.74) is 1.59. The molecular formula is C18H18ClNO4. The maximum absolute atomic E-state index is 12.2. The van der Waals surface area contributed by atoms with E-state index in [1.165, 1.54) is 14.0 Å². The lowest BCUT2D eigenvalue weighted by atomic mass is 10.2. The molecule has 0 saturated carbocycles. The van der Waals surface area contributed by atoms with Gasteiger partial charge in [-0.3, -0.25) is 4.79 Å². The summed E-state index contributed by atoms with van der Waals surface area (Å²) in [6.07, 6.45) is -0.971. The zero-order valence-corrected chi connectivity index (χ0v) is 14.4. The van der Waals surface area contributed by atoms with Gasteiger partial charge in [0, 0.05) is 10.7 Å². The van der Waals surface area contributed by atoms with E-state index >= 15 is 0 Å². The number of methoxy groups -OCH3 is 1. The molecule has 0 aromatic heterocycles. The summed E-state index contributed by atoms with van der Waals surface area (Å²) in [4.78, 5) is 24.4. The molecular weight excluding hydrogens is 330 g/mol. The molecule has 0 unspecified atom stereocenters. The van der Waals surface area contributed by atoms with Crippen LogP contribution in [0.2, 0.25) is 5.02 Å². The Hall–Kier alpha value is -2.53. The highest BCUT2D eigenvalue weighted by molar-refractivity contribution is 6.31. The normalized spacial score (nSPS) is 11.5. The molecule has 24 heavy (non-hydrogen) atoms. The molecule has 0 aliphatic carbocycles. The lowest BCUT2D eigenvalue weighted by Crippen LogP contribution is -2.30. The number of halogens is 1. The summed E-state index contributed by atoms with van der Waals surface area (Å²) in [5, 5.41) is 3.25. The highest BCUT2D eigenvalue weighted by atomic mass is 35.5. The predicted molar refractivity (Wildman–Crippen MR) is 92.7 cm³/mol. The molecule has 6 heteroatoms. The van der Waals surface area contributed by atoms with Crippen LogP contribution in [0.4, 0.5) is 5.69 Å². The lowest BCUT2D eigenvalue weighted by molar-refractivity contribution is -0.123. The topological polar surface area (TPSA) is 64.6 Å². The van der Waals surface area contributed by atoms with Gasteiger partial charge in [0.2, 0.25) is 0 Å². The largest absolute Gasteiger partial charge is 0.496 e. The maximum Gasteiger partial charge on any atom is 0.342 e. The van der Waals surface area contributed by atoms with Gasteiger partial charge in [-0.25, -0.2) is 4.79 Å². The van der Waals surface area contributed by atoms with E-state index in [0.717, 1.165) is 5.56 Å². The first-order valence-corrected chi connectivity index (χ1v) is 7.71. The van der Waals surface area contributed by atoms with E-state index in [2.05, 4.69) is 5.32 Å². The smallest absolute Gasteiger partial charge is 0.342 e. The van der Waals surface area contributed by atoms with Gasteiger partial charge in [-0.2, -0.15) is 0 Å². The minimum Gasteiger partial charge on any atom is -0.496 e. The van der Waals surface area contributed by atoms with Gasteiger partial charge in [-0.1, -0.05) is 29.8 Å². The molecule has 5 nitrogen and oxygen atoms in total. The monoisotopic (exact) mass is 347 g/mol. The zero-order chi connectivity index (χ0) is 17.7. The van der Waals surface area contributed by atoms with Crippen molar-refractivity contribution in [3.63, 3.8) is 0 Å². The molecule has 0 aliphatic heterocycles. The Morgan fingerprint density at radius 3 is 2.54 bits per heavy atom. The van der Waals surface area contributed by atoms with Crippen LogP contribution in [-0.2, 0) is 9.53 Å². The number of esters is 1. The van der Waals surface area contributed by atoms with E-state index in [9.17, 15) is 9.59 Å². The van der Waals surface area contributed by atoms with Gasteiger partial charge in [-0.05, 0) is 43.7 Å². The molecule has 2 aromatic carbocycles. The zero-order valence-electron chi connectivity index (χ0n) is 13.6. The maximum atomic E-state index is 12.2. The summed E-state index contributed by atoms with van der Waals surface area (Å²) >= 11 is 6.02.